The Morgan fingerprint density at radius 1 is 1.50 bits per heavy atom. The number of likely N-dealkylation sites (N-methyl/N-ethyl adjacent to an activating group) is 1. The predicted octanol–water partition coefficient (Wildman–Crippen LogP) is 0.755. The van der Waals surface area contributed by atoms with Crippen LogP contribution in [0.25, 0.3) is 0 Å². The standard InChI is InChI=1S/C11H16N4O/c1-7(6-15-9(3)11(13)16)10(14-4)5-8(2)12/h5-6,12,14H,1,3H2,2,4H3,(H2,13,16)/b10-5-,12-8?,15-6+. The number of rotatable bonds is 6. The molecule has 0 aliphatic carbocycles. The zero-order chi connectivity index (χ0) is 12.7. The third kappa shape index (κ3) is 4.90. The Hall–Kier alpha value is -2.17. The van der Waals surface area contributed by atoms with Crippen LogP contribution in [0.1, 0.15) is 6.92 Å². The van der Waals surface area contributed by atoms with Gasteiger partial charge in [-0.25, -0.2) is 0 Å². The highest BCUT2D eigenvalue weighted by atomic mass is 16.1. The van der Waals surface area contributed by atoms with E-state index in [2.05, 4.69) is 23.5 Å². The maximum atomic E-state index is 10.6. The highest BCUT2D eigenvalue weighted by Crippen LogP contribution is 2.02. The first kappa shape index (κ1) is 13.8. The number of amides is 1. The highest BCUT2D eigenvalue weighted by Gasteiger charge is 2.00. The molecule has 0 aromatic heterocycles. The van der Waals surface area contributed by atoms with E-state index in [0.29, 0.717) is 17.0 Å². The van der Waals surface area contributed by atoms with E-state index >= 15 is 0 Å². The molecule has 0 spiro atoms. The number of carbonyl (C=O) groups is 1. The van der Waals surface area contributed by atoms with Crippen molar-refractivity contribution in [3.63, 3.8) is 0 Å². The molecule has 0 aromatic carbocycles. The number of nitrogens with zero attached hydrogens (tertiary/aromatic N) is 1. The van der Waals surface area contributed by atoms with Gasteiger partial charge in [0.1, 0.15) is 5.70 Å². The van der Waals surface area contributed by atoms with Crippen molar-refractivity contribution in [3.05, 3.63) is 36.2 Å². The summed E-state index contributed by atoms with van der Waals surface area (Å²) < 4.78 is 0. The molecule has 86 valence electrons. The first-order valence-corrected chi connectivity index (χ1v) is 4.55. The Bertz CT molecular complexity index is 391. The minimum Gasteiger partial charge on any atom is -0.388 e. The SMILES string of the molecule is C=C(/N=C/C(=C)/C(=C/C(C)=N)NC)C(N)=O. The third-order valence-electron chi connectivity index (χ3n) is 1.64. The van der Waals surface area contributed by atoms with Gasteiger partial charge in [-0.15, -0.1) is 0 Å². The van der Waals surface area contributed by atoms with E-state index in [1.54, 1.807) is 20.0 Å². The molecule has 0 aliphatic heterocycles. The van der Waals surface area contributed by atoms with Crippen molar-refractivity contribution in [2.45, 2.75) is 6.92 Å². The molecule has 16 heavy (non-hydrogen) atoms. The summed E-state index contributed by atoms with van der Waals surface area (Å²) >= 11 is 0. The Morgan fingerprint density at radius 2 is 2.06 bits per heavy atom. The summed E-state index contributed by atoms with van der Waals surface area (Å²) in [5.74, 6) is -0.678. The number of carbonyl (C=O) groups excluding carboxylic acids is 1. The number of hydrogen-bond acceptors (Lipinski definition) is 4. The van der Waals surface area contributed by atoms with Crippen molar-refractivity contribution in [2.24, 2.45) is 10.7 Å². The lowest BCUT2D eigenvalue weighted by Gasteiger charge is -2.05. The first-order valence-electron chi connectivity index (χ1n) is 4.55. The maximum Gasteiger partial charge on any atom is 0.266 e. The fourth-order valence-electron chi connectivity index (χ4n) is 0.831. The molecule has 4 N–H and O–H groups in total. The molecule has 0 saturated carbocycles. The number of nitrogens with one attached hydrogen (secondary N) is 2. The van der Waals surface area contributed by atoms with E-state index in [9.17, 15) is 4.79 Å². The minimum atomic E-state index is -0.678. The van der Waals surface area contributed by atoms with Crippen LogP contribution < -0.4 is 11.1 Å². The van der Waals surface area contributed by atoms with Crippen LogP contribution >= 0.6 is 0 Å². The summed E-state index contributed by atoms with van der Waals surface area (Å²) in [4.78, 5) is 14.4. The van der Waals surface area contributed by atoms with Crippen LogP contribution in [0.3, 0.4) is 0 Å². The maximum absolute atomic E-state index is 10.6. The van der Waals surface area contributed by atoms with Crippen LogP contribution in [0, 0.1) is 5.41 Å². The van der Waals surface area contributed by atoms with Crippen molar-refractivity contribution in [3.8, 4) is 0 Å². The van der Waals surface area contributed by atoms with E-state index in [4.69, 9.17) is 11.1 Å². The second-order valence-corrected chi connectivity index (χ2v) is 3.09. The minimum absolute atomic E-state index is 0.0387. The quantitative estimate of drug-likeness (QED) is 0.350. The average molecular weight is 220 g/mol. The fourth-order valence-corrected chi connectivity index (χ4v) is 0.831. The molecule has 0 aliphatic rings. The van der Waals surface area contributed by atoms with E-state index < -0.39 is 5.91 Å². The van der Waals surface area contributed by atoms with Gasteiger partial charge < -0.3 is 16.5 Å². The van der Waals surface area contributed by atoms with E-state index in [1.165, 1.54) is 6.21 Å². The molecular weight excluding hydrogens is 204 g/mol. The van der Waals surface area contributed by atoms with Gasteiger partial charge >= 0.3 is 0 Å². The van der Waals surface area contributed by atoms with Gasteiger partial charge in [0.25, 0.3) is 5.91 Å². The number of hydrogen-bond donors (Lipinski definition) is 3. The van der Waals surface area contributed by atoms with Crippen LogP contribution in [0.2, 0.25) is 0 Å². The van der Waals surface area contributed by atoms with Crippen LogP contribution in [0.5, 0.6) is 0 Å². The Labute approximate surface area is 95.0 Å². The summed E-state index contributed by atoms with van der Waals surface area (Å²) in [6.45, 7) is 8.76. The summed E-state index contributed by atoms with van der Waals surface area (Å²) in [5, 5.41) is 10.2. The van der Waals surface area contributed by atoms with Gasteiger partial charge in [0, 0.05) is 30.2 Å². The first-order chi connectivity index (χ1) is 7.38. The van der Waals surface area contributed by atoms with E-state index in [-0.39, 0.29) is 5.70 Å². The second kappa shape index (κ2) is 6.34. The predicted molar refractivity (Wildman–Crippen MR) is 66.5 cm³/mol. The molecule has 0 heterocycles. The topological polar surface area (TPSA) is 91.3 Å². The van der Waals surface area contributed by atoms with Crippen LogP contribution in [0.15, 0.2) is 41.2 Å². The molecule has 1 amide bonds. The summed E-state index contributed by atoms with van der Waals surface area (Å²) in [7, 11) is 1.71. The van der Waals surface area contributed by atoms with Crippen LogP contribution in [0.4, 0.5) is 0 Å². The molecule has 5 nitrogen and oxygen atoms in total. The van der Waals surface area contributed by atoms with Crippen LogP contribution in [-0.4, -0.2) is 24.9 Å². The number of primary amides is 1. The molecule has 0 saturated heterocycles. The van der Waals surface area contributed by atoms with Gasteiger partial charge in [-0.1, -0.05) is 13.2 Å². The van der Waals surface area contributed by atoms with Gasteiger partial charge in [-0.3, -0.25) is 9.79 Å². The lowest BCUT2D eigenvalue weighted by molar-refractivity contribution is -0.114. The van der Waals surface area contributed by atoms with Crippen molar-refractivity contribution in [1.29, 1.82) is 5.41 Å². The van der Waals surface area contributed by atoms with Gasteiger partial charge in [0.05, 0.1) is 0 Å². The fraction of sp³-hybridized carbons (Fsp3) is 0.182. The summed E-state index contributed by atoms with van der Waals surface area (Å²) in [6, 6.07) is 0. The Kier molecular flexibility index (Phi) is 5.48. The lowest BCUT2D eigenvalue weighted by atomic mass is 10.2. The monoisotopic (exact) mass is 220 g/mol. The van der Waals surface area contributed by atoms with Crippen molar-refractivity contribution >= 4 is 17.8 Å². The molecule has 0 bridgehead atoms. The smallest absolute Gasteiger partial charge is 0.266 e. The van der Waals surface area contributed by atoms with E-state index in [0.717, 1.165) is 0 Å². The van der Waals surface area contributed by atoms with Crippen molar-refractivity contribution < 1.29 is 4.79 Å². The summed E-state index contributed by atoms with van der Waals surface area (Å²) in [5.41, 5.74) is 6.49. The average Bonchev–Trinajstić information content (AvgIpc) is 2.21. The molecule has 0 aromatic rings. The summed E-state index contributed by atoms with van der Waals surface area (Å²) in [6.07, 6.45) is 2.97. The Morgan fingerprint density at radius 3 is 2.44 bits per heavy atom. The van der Waals surface area contributed by atoms with Gasteiger partial charge in [-0.05, 0) is 13.0 Å². The second-order valence-electron chi connectivity index (χ2n) is 3.09. The molecule has 0 fully saturated rings. The van der Waals surface area contributed by atoms with Gasteiger partial charge in [0.15, 0.2) is 0 Å². The number of aliphatic imine (C=N–C) groups is 1. The molecule has 0 rings (SSSR count). The molecule has 0 atom stereocenters. The van der Waals surface area contributed by atoms with Crippen LogP contribution in [-0.2, 0) is 4.79 Å². The van der Waals surface area contributed by atoms with E-state index in [1.807, 2.05) is 0 Å². The number of allylic oxidation sites excluding steroid dienone is 2. The number of nitrogens with two attached hydrogens (primary N) is 1. The normalized spacial score (nSPS) is 11.2. The van der Waals surface area contributed by atoms with Crippen molar-refractivity contribution in [2.75, 3.05) is 7.05 Å². The zero-order valence-electron chi connectivity index (χ0n) is 9.50. The third-order valence-corrected chi connectivity index (χ3v) is 1.64. The zero-order valence-corrected chi connectivity index (χ0v) is 9.50. The highest BCUT2D eigenvalue weighted by molar-refractivity contribution is 5.97. The van der Waals surface area contributed by atoms with Gasteiger partial charge in [0.2, 0.25) is 0 Å². The van der Waals surface area contributed by atoms with Gasteiger partial charge in [-0.2, -0.15) is 0 Å². The largest absolute Gasteiger partial charge is 0.388 e. The molecule has 0 radical (unpaired) electrons. The Balaban J connectivity index is 4.75. The molecular formula is C11H16N4O. The molecule has 5 heteroatoms. The lowest BCUT2D eigenvalue weighted by Crippen LogP contribution is -2.13. The molecule has 0 unspecified atom stereocenters. The van der Waals surface area contributed by atoms with Crippen molar-refractivity contribution in [1.82, 2.24) is 5.32 Å².